The summed E-state index contributed by atoms with van der Waals surface area (Å²) in [6.45, 7) is 6.45. The first-order valence-corrected chi connectivity index (χ1v) is 9.93. The lowest BCUT2D eigenvalue weighted by atomic mass is 10.2. The number of halogens is 1. The van der Waals surface area contributed by atoms with Crippen LogP contribution in [-0.4, -0.2) is 56.2 Å². The van der Waals surface area contributed by atoms with Crippen LogP contribution in [-0.2, 0) is 4.79 Å². The van der Waals surface area contributed by atoms with Crippen molar-refractivity contribution in [2.45, 2.75) is 13.0 Å². The van der Waals surface area contributed by atoms with Crippen molar-refractivity contribution in [2.75, 3.05) is 49.6 Å². The molecule has 4 rings (SSSR count). The summed E-state index contributed by atoms with van der Waals surface area (Å²) in [6.07, 6.45) is 0. The largest absolute Gasteiger partial charge is 0.486 e. The van der Waals surface area contributed by atoms with E-state index in [0.29, 0.717) is 19.0 Å². The second-order valence-corrected chi connectivity index (χ2v) is 7.46. The monoisotopic (exact) mass is 401 g/mol. The molecule has 2 aromatic rings. The molecule has 1 fully saturated rings. The van der Waals surface area contributed by atoms with Crippen LogP contribution in [0, 0.1) is 0 Å². The van der Waals surface area contributed by atoms with Crippen molar-refractivity contribution >= 4 is 28.9 Å². The van der Waals surface area contributed by atoms with Crippen molar-refractivity contribution in [1.82, 2.24) is 4.90 Å². The van der Waals surface area contributed by atoms with Crippen molar-refractivity contribution in [2.24, 2.45) is 0 Å². The predicted molar refractivity (Wildman–Crippen MR) is 111 cm³/mol. The smallest absolute Gasteiger partial charge is 0.241 e. The molecule has 7 heteroatoms. The van der Waals surface area contributed by atoms with Gasteiger partial charge in [0.05, 0.1) is 6.04 Å². The van der Waals surface area contributed by atoms with Crippen LogP contribution in [0.25, 0.3) is 0 Å². The molecule has 1 N–H and O–H groups in total. The van der Waals surface area contributed by atoms with E-state index in [4.69, 9.17) is 21.1 Å². The zero-order valence-corrected chi connectivity index (χ0v) is 16.6. The lowest BCUT2D eigenvalue weighted by molar-refractivity contribution is -0.120. The topological polar surface area (TPSA) is 54.0 Å². The van der Waals surface area contributed by atoms with Crippen LogP contribution in [0.3, 0.4) is 0 Å². The first-order valence-electron chi connectivity index (χ1n) is 9.55. The number of anilines is 2. The van der Waals surface area contributed by atoms with Crippen LogP contribution >= 0.6 is 11.6 Å². The van der Waals surface area contributed by atoms with Crippen molar-refractivity contribution in [1.29, 1.82) is 0 Å². The highest BCUT2D eigenvalue weighted by Crippen LogP contribution is 2.32. The van der Waals surface area contributed by atoms with Gasteiger partial charge in [0.1, 0.15) is 13.2 Å². The van der Waals surface area contributed by atoms with Gasteiger partial charge in [-0.3, -0.25) is 9.69 Å². The van der Waals surface area contributed by atoms with E-state index in [-0.39, 0.29) is 11.9 Å². The van der Waals surface area contributed by atoms with E-state index in [9.17, 15) is 4.79 Å². The number of fused-ring (bicyclic) bond motifs is 1. The molecule has 0 radical (unpaired) electrons. The molecule has 2 heterocycles. The molecule has 148 valence electrons. The van der Waals surface area contributed by atoms with Gasteiger partial charge in [0.25, 0.3) is 0 Å². The van der Waals surface area contributed by atoms with E-state index in [2.05, 4.69) is 15.1 Å². The molecule has 2 aliphatic heterocycles. The summed E-state index contributed by atoms with van der Waals surface area (Å²) in [4.78, 5) is 17.2. The molecule has 1 saturated heterocycles. The molecule has 1 unspecified atom stereocenters. The Bertz CT molecular complexity index is 835. The Morgan fingerprint density at radius 1 is 1.00 bits per heavy atom. The molecule has 0 spiro atoms. The van der Waals surface area contributed by atoms with Crippen LogP contribution in [0.5, 0.6) is 11.5 Å². The number of ether oxygens (including phenoxy) is 2. The summed E-state index contributed by atoms with van der Waals surface area (Å²) < 4.78 is 11.1. The molecule has 0 aromatic heterocycles. The lowest BCUT2D eigenvalue weighted by Gasteiger charge is -2.38. The maximum atomic E-state index is 12.7. The highest BCUT2D eigenvalue weighted by molar-refractivity contribution is 6.30. The molecule has 6 nitrogen and oxygen atoms in total. The average molecular weight is 402 g/mol. The van der Waals surface area contributed by atoms with Crippen molar-refractivity contribution in [3.63, 3.8) is 0 Å². The van der Waals surface area contributed by atoms with Gasteiger partial charge < -0.3 is 19.7 Å². The summed E-state index contributed by atoms with van der Waals surface area (Å²) >= 11 is 5.97. The zero-order chi connectivity index (χ0) is 19.5. The molecule has 1 atom stereocenters. The van der Waals surface area contributed by atoms with Crippen molar-refractivity contribution in [3.05, 3.63) is 47.5 Å². The fourth-order valence-electron chi connectivity index (χ4n) is 3.55. The van der Waals surface area contributed by atoms with Crippen LogP contribution in [0.1, 0.15) is 6.92 Å². The average Bonchev–Trinajstić information content (AvgIpc) is 2.74. The summed E-state index contributed by atoms with van der Waals surface area (Å²) in [7, 11) is 0. The minimum atomic E-state index is -0.208. The Morgan fingerprint density at radius 2 is 1.68 bits per heavy atom. The number of nitrogens with one attached hydrogen (secondary N) is 1. The predicted octanol–water partition coefficient (Wildman–Crippen LogP) is 3.26. The third-order valence-electron chi connectivity index (χ3n) is 5.24. The number of hydrogen-bond donors (Lipinski definition) is 1. The molecule has 0 bridgehead atoms. The van der Waals surface area contributed by atoms with Gasteiger partial charge in [-0.1, -0.05) is 11.6 Å². The quantitative estimate of drug-likeness (QED) is 0.852. The number of benzene rings is 2. The van der Waals surface area contributed by atoms with E-state index in [1.807, 2.05) is 49.4 Å². The number of piperazine rings is 1. The molecule has 2 aliphatic rings. The van der Waals surface area contributed by atoms with Gasteiger partial charge in [-0.15, -0.1) is 0 Å². The Balaban J connectivity index is 1.32. The van der Waals surface area contributed by atoms with Crippen LogP contribution in [0.15, 0.2) is 42.5 Å². The number of nitrogens with zero attached hydrogens (tertiary/aromatic N) is 2. The number of hydrogen-bond acceptors (Lipinski definition) is 5. The first kappa shape index (κ1) is 18.9. The first-order chi connectivity index (χ1) is 13.6. The van der Waals surface area contributed by atoms with E-state index in [1.54, 1.807) is 0 Å². The van der Waals surface area contributed by atoms with Gasteiger partial charge in [-0.05, 0) is 43.3 Å². The van der Waals surface area contributed by atoms with Gasteiger partial charge >= 0.3 is 0 Å². The zero-order valence-electron chi connectivity index (χ0n) is 15.9. The third-order valence-corrected chi connectivity index (χ3v) is 5.49. The molecular formula is C21H24ClN3O3. The number of carbonyl (C=O) groups is 1. The Hall–Kier alpha value is -2.44. The number of carbonyl (C=O) groups excluding carboxylic acids is 1. The molecule has 1 amide bonds. The van der Waals surface area contributed by atoms with Gasteiger partial charge in [0.15, 0.2) is 11.5 Å². The summed E-state index contributed by atoms with van der Waals surface area (Å²) in [5.41, 5.74) is 1.89. The molecule has 2 aromatic carbocycles. The van der Waals surface area contributed by atoms with E-state index < -0.39 is 0 Å². The molecule has 0 saturated carbocycles. The highest BCUT2D eigenvalue weighted by Gasteiger charge is 2.26. The van der Waals surface area contributed by atoms with Crippen LogP contribution in [0.2, 0.25) is 5.02 Å². The molecule has 28 heavy (non-hydrogen) atoms. The van der Waals surface area contributed by atoms with E-state index in [1.165, 1.54) is 0 Å². The number of rotatable bonds is 4. The minimum Gasteiger partial charge on any atom is -0.486 e. The lowest BCUT2D eigenvalue weighted by Crippen LogP contribution is -2.52. The summed E-state index contributed by atoms with van der Waals surface area (Å²) in [6, 6.07) is 13.2. The van der Waals surface area contributed by atoms with Crippen molar-refractivity contribution in [3.8, 4) is 11.5 Å². The van der Waals surface area contributed by atoms with Gasteiger partial charge in [-0.25, -0.2) is 0 Å². The number of amides is 1. The summed E-state index contributed by atoms with van der Waals surface area (Å²) in [5.74, 6) is 1.38. The Morgan fingerprint density at radius 3 is 2.39 bits per heavy atom. The fourth-order valence-corrected chi connectivity index (χ4v) is 3.68. The second kappa shape index (κ2) is 8.29. The Kier molecular flexibility index (Phi) is 5.59. The van der Waals surface area contributed by atoms with E-state index >= 15 is 0 Å². The van der Waals surface area contributed by atoms with E-state index in [0.717, 1.165) is 48.3 Å². The maximum absolute atomic E-state index is 12.7. The van der Waals surface area contributed by atoms with Crippen LogP contribution in [0.4, 0.5) is 11.4 Å². The fraction of sp³-hybridized carbons (Fsp3) is 0.381. The molecular weight excluding hydrogens is 378 g/mol. The maximum Gasteiger partial charge on any atom is 0.241 e. The van der Waals surface area contributed by atoms with Crippen LogP contribution < -0.4 is 19.7 Å². The van der Waals surface area contributed by atoms with Crippen molar-refractivity contribution < 1.29 is 14.3 Å². The normalized spacial score (nSPS) is 17.9. The summed E-state index contributed by atoms with van der Waals surface area (Å²) in [5, 5.41) is 3.74. The SMILES string of the molecule is CC(C(=O)Nc1ccc2c(c1)OCCO2)N1CCN(c2ccc(Cl)cc2)CC1. The van der Waals surface area contributed by atoms with Gasteiger partial charge in [0.2, 0.25) is 5.91 Å². The Labute approximate surface area is 170 Å². The standard InChI is InChI=1S/C21H24ClN3O3/c1-15(21(26)23-17-4-7-19-20(14-17)28-13-12-27-19)24-8-10-25(11-9-24)18-5-2-16(22)3-6-18/h2-7,14-15H,8-13H2,1H3,(H,23,26). The molecule has 0 aliphatic carbocycles. The second-order valence-electron chi connectivity index (χ2n) is 7.02. The van der Waals surface area contributed by atoms with Gasteiger partial charge in [-0.2, -0.15) is 0 Å². The highest BCUT2D eigenvalue weighted by atomic mass is 35.5. The van der Waals surface area contributed by atoms with Gasteiger partial charge in [0, 0.05) is 48.6 Å². The minimum absolute atomic E-state index is 0.0170. The third kappa shape index (κ3) is 4.18.